The van der Waals surface area contributed by atoms with E-state index in [1.165, 1.54) is 41.6 Å². The van der Waals surface area contributed by atoms with Gasteiger partial charge in [0.05, 0.1) is 5.41 Å². The highest BCUT2D eigenvalue weighted by Gasteiger charge is 2.40. The molecule has 2 heterocycles. The van der Waals surface area contributed by atoms with Crippen LogP contribution in [0.5, 0.6) is 0 Å². The molecule has 0 radical (unpaired) electrons. The maximum Gasteiger partial charge on any atom is 0.226 e. The third-order valence-electron chi connectivity index (χ3n) is 7.46. The number of carbonyl (C=O) groups excluding carboxylic acids is 1. The van der Waals surface area contributed by atoms with E-state index in [2.05, 4.69) is 72.7 Å². The van der Waals surface area contributed by atoms with Crippen LogP contribution < -0.4 is 5.32 Å². The van der Waals surface area contributed by atoms with Gasteiger partial charge >= 0.3 is 0 Å². The summed E-state index contributed by atoms with van der Waals surface area (Å²) in [5.41, 5.74) is 4.93. The highest BCUT2D eigenvalue weighted by atomic mass is 16.5. The van der Waals surface area contributed by atoms with E-state index < -0.39 is 0 Å². The molecule has 2 saturated heterocycles. The van der Waals surface area contributed by atoms with Crippen molar-refractivity contribution in [3.63, 3.8) is 0 Å². The third kappa shape index (κ3) is 5.60. The molecule has 0 aromatic heterocycles. The van der Waals surface area contributed by atoms with Crippen molar-refractivity contribution in [1.82, 2.24) is 10.2 Å². The number of hydrogen-bond donors (Lipinski definition) is 1. The zero-order chi connectivity index (χ0) is 22.4. The summed E-state index contributed by atoms with van der Waals surface area (Å²) in [6.07, 6.45) is 5.76. The molecule has 1 atom stereocenters. The van der Waals surface area contributed by atoms with Crippen molar-refractivity contribution in [3.8, 4) is 0 Å². The SMILES string of the molecule is Cc1ccccc1CCNC(=O)C1(Cc2cccc([C@H]3CCCN(C)C3)c2)CCOCC1. The predicted octanol–water partition coefficient (Wildman–Crippen LogP) is 4.50. The molecule has 1 amide bonds. The summed E-state index contributed by atoms with van der Waals surface area (Å²) in [5.74, 6) is 0.791. The first-order valence-corrected chi connectivity index (χ1v) is 12.2. The normalized spacial score (nSPS) is 21.2. The number of carbonyl (C=O) groups is 1. The van der Waals surface area contributed by atoms with Gasteiger partial charge in [-0.3, -0.25) is 4.79 Å². The van der Waals surface area contributed by atoms with Gasteiger partial charge in [-0.05, 0) is 87.2 Å². The van der Waals surface area contributed by atoms with E-state index in [9.17, 15) is 4.79 Å². The molecular weight excluding hydrogens is 396 g/mol. The van der Waals surface area contributed by atoms with Gasteiger partial charge in [-0.15, -0.1) is 0 Å². The molecular formula is C28H38N2O2. The number of piperidine rings is 1. The molecule has 4 heteroatoms. The quantitative estimate of drug-likeness (QED) is 0.698. The lowest BCUT2D eigenvalue weighted by atomic mass is 9.74. The van der Waals surface area contributed by atoms with Gasteiger partial charge in [0.1, 0.15) is 0 Å². The van der Waals surface area contributed by atoms with E-state index >= 15 is 0 Å². The summed E-state index contributed by atoms with van der Waals surface area (Å²) >= 11 is 0. The van der Waals surface area contributed by atoms with Crippen LogP contribution in [0.1, 0.15) is 53.9 Å². The van der Waals surface area contributed by atoms with Crippen molar-refractivity contribution in [3.05, 3.63) is 70.8 Å². The van der Waals surface area contributed by atoms with Crippen LogP contribution >= 0.6 is 0 Å². The third-order valence-corrected chi connectivity index (χ3v) is 7.46. The number of likely N-dealkylation sites (tertiary alicyclic amines) is 1. The summed E-state index contributed by atoms with van der Waals surface area (Å²) in [6, 6.07) is 17.4. The van der Waals surface area contributed by atoms with Gasteiger partial charge < -0.3 is 15.0 Å². The molecule has 4 rings (SSSR count). The van der Waals surface area contributed by atoms with E-state index in [1.807, 2.05) is 0 Å². The topological polar surface area (TPSA) is 41.6 Å². The lowest BCUT2D eigenvalue weighted by Gasteiger charge is -2.36. The molecule has 172 valence electrons. The summed E-state index contributed by atoms with van der Waals surface area (Å²) in [4.78, 5) is 15.9. The van der Waals surface area contributed by atoms with Gasteiger partial charge in [-0.2, -0.15) is 0 Å². The van der Waals surface area contributed by atoms with Crippen LogP contribution in [0.2, 0.25) is 0 Å². The molecule has 2 aliphatic rings. The zero-order valence-electron chi connectivity index (χ0n) is 19.7. The van der Waals surface area contributed by atoms with Crippen molar-refractivity contribution < 1.29 is 9.53 Å². The molecule has 0 unspecified atom stereocenters. The second-order valence-corrected chi connectivity index (χ2v) is 9.85. The molecule has 2 fully saturated rings. The Morgan fingerprint density at radius 2 is 1.97 bits per heavy atom. The second kappa shape index (κ2) is 10.6. The maximum absolute atomic E-state index is 13.5. The second-order valence-electron chi connectivity index (χ2n) is 9.85. The first kappa shape index (κ1) is 23.0. The van der Waals surface area contributed by atoms with E-state index in [0.29, 0.717) is 25.7 Å². The molecule has 0 bridgehead atoms. The van der Waals surface area contributed by atoms with Crippen molar-refractivity contribution in [2.24, 2.45) is 5.41 Å². The first-order chi connectivity index (χ1) is 15.6. The first-order valence-electron chi connectivity index (χ1n) is 12.2. The van der Waals surface area contributed by atoms with Gasteiger partial charge in [0.15, 0.2) is 0 Å². The Morgan fingerprint density at radius 3 is 2.75 bits per heavy atom. The van der Waals surface area contributed by atoms with Gasteiger partial charge in [-0.1, -0.05) is 48.5 Å². The molecule has 0 saturated carbocycles. The summed E-state index contributed by atoms with van der Waals surface area (Å²) in [5, 5.41) is 3.27. The van der Waals surface area contributed by atoms with Crippen LogP contribution in [-0.2, 0) is 22.4 Å². The number of aryl methyl sites for hydroxylation is 1. The minimum absolute atomic E-state index is 0.192. The van der Waals surface area contributed by atoms with Crippen LogP contribution in [0.4, 0.5) is 0 Å². The Balaban J connectivity index is 1.44. The lowest BCUT2D eigenvalue weighted by Crippen LogP contribution is -2.46. The Labute approximate surface area is 193 Å². The average Bonchev–Trinajstić information content (AvgIpc) is 2.81. The van der Waals surface area contributed by atoms with E-state index in [4.69, 9.17) is 4.74 Å². The Bertz CT molecular complexity index is 904. The zero-order valence-corrected chi connectivity index (χ0v) is 19.7. The Morgan fingerprint density at radius 1 is 1.16 bits per heavy atom. The molecule has 1 N–H and O–H groups in total. The van der Waals surface area contributed by atoms with Gasteiger partial charge in [0, 0.05) is 26.3 Å². The summed E-state index contributed by atoms with van der Waals surface area (Å²) < 4.78 is 5.65. The van der Waals surface area contributed by atoms with E-state index in [1.54, 1.807) is 0 Å². The number of rotatable bonds is 7. The molecule has 0 aliphatic carbocycles. The molecule has 2 aliphatic heterocycles. The van der Waals surface area contributed by atoms with E-state index in [-0.39, 0.29) is 11.3 Å². The monoisotopic (exact) mass is 434 g/mol. The van der Waals surface area contributed by atoms with Crippen LogP contribution in [0, 0.1) is 12.3 Å². The number of nitrogens with one attached hydrogen (secondary N) is 1. The standard InChI is InChI=1S/C28H38N2O2/c1-22-7-3-4-9-24(22)12-15-29-27(31)28(13-17-32-18-14-28)20-23-8-5-10-25(19-23)26-11-6-16-30(2)21-26/h3-5,7-10,19,26H,6,11-18,20-21H2,1-2H3,(H,29,31)/t26-/m0/s1. The molecule has 0 spiro atoms. The lowest BCUT2D eigenvalue weighted by molar-refractivity contribution is -0.136. The minimum Gasteiger partial charge on any atom is -0.381 e. The van der Waals surface area contributed by atoms with Crippen molar-refractivity contribution in [2.45, 2.75) is 51.4 Å². The van der Waals surface area contributed by atoms with E-state index in [0.717, 1.165) is 32.2 Å². The average molecular weight is 435 g/mol. The highest BCUT2D eigenvalue weighted by Crippen LogP contribution is 2.36. The fraction of sp³-hybridized carbons (Fsp3) is 0.536. The van der Waals surface area contributed by atoms with Crippen molar-refractivity contribution in [1.29, 1.82) is 0 Å². The van der Waals surface area contributed by atoms with Crippen LogP contribution in [0.15, 0.2) is 48.5 Å². The number of hydrogen-bond acceptors (Lipinski definition) is 3. The summed E-state index contributed by atoms with van der Waals surface area (Å²) in [6.45, 7) is 6.47. The molecule has 2 aromatic rings. The van der Waals surface area contributed by atoms with Crippen LogP contribution in [0.3, 0.4) is 0 Å². The number of benzene rings is 2. The van der Waals surface area contributed by atoms with Gasteiger partial charge in [0.25, 0.3) is 0 Å². The molecule has 4 nitrogen and oxygen atoms in total. The van der Waals surface area contributed by atoms with Crippen molar-refractivity contribution >= 4 is 5.91 Å². The van der Waals surface area contributed by atoms with Gasteiger partial charge in [-0.25, -0.2) is 0 Å². The van der Waals surface area contributed by atoms with Gasteiger partial charge in [0.2, 0.25) is 5.91 Å². The predicted molar refractivity (Wildman–Crippen MR) is 130 cm³/mol. The number of amides is 1. The smallest absolute Gasteiger partial charge is 0.226 e. The molecule has 32 heavy (non-hydrogen) atoms. The Kier molecular flexibility index (Phi) is 7.64. The minimum atomic E-state index is -0.369. The fourth-order valence-corrected chi connectivity index (χ4v) is 5.42. The fourth-order valence-electron chi connectivity index (χ4n) is 5.42. The number of likely N-dealkylation sites (N-methyl/N-ethyl adjacent to an activating group) is 1. The van der Waals surface area contributed by atoms with Crippen molar-refractivity contribution in [2.75, 3.05) is 39.9 Å². The number of ether oxygens (including phenoxy) is 1. The maximum atomic E-state index is 13.5. The Hall–Kier alpha value is -2.17. The van der Waals surface area contributed by atoms with Crippen LogP contribution in [0.25, 0.3) is 0 Å². The highest BCUT2D eigenvalue weighted by molar-refractivity contribution is 5.83. The summed E-state index contributed by atoms with van der Waals surface area (Å²) in [7, 11) is 2.22. The van der Waals surface area contributed by atoms with Crippen LogP contribution in [-0.4, -0.2) is 50.7 Å². The number of nitrogens with zero attached hydrogens (tertiary/aromatic N) is 1. The molecule has 2 aromatic carbocycles. The largest absolute Gasteiger partial charge is 0.381 e.